The van der Waals surface area contributed by atoms with Crippen molar-refractivity contribution in [3.05, 3.63) is 0 Å². The van der Waals surface area contributed by atoms with E-state index in [0.29, 0.717) is 0 Å². The molecule has 2 saturated carbocycles. The quantitative estimate of drug-likeness (QED) is 0.550. The second kappa shape index (κ2) is 2.25. The van der Waals surface area contributed by atoms with Gasteiger partial charge in [-0.1, -0.05) is 13.8 Å². The van der Waals surface area contributed by atoms with Crippen LogP contribution in [0.4, 0.5) is 0 Å². The normalized spacial score (nSPS) is 39.9. The molecule has 2 atom stereocenters. The van der Waals surface area contributed by atoms with Gasteiger partial charge in [0.25, 0.3) is 0 Å². The summed E-state index contributed by atoms with van der Waals surface area (Å²) in [4.78, 5) is 0. The van der Waals surface area contributed by atoms with Crippen LogP contribution in [0, 0.1) is 23.7 Å². The Balaban J connectivity index is 1.86. The average molecular weight is 138 g/mol. The van der Waals surface area contributed by atoms with Gasteiger partial charge in [-0.2, -0.15) is 0 Å². The first-order chi connectivity index (χ1) is 4.79. The predicted octanol–water partition coefficient (Wildman–Crippen LogP) is 3.08. The molecule has 0 aliphatic heterocycles. The highest BCUT2D eigenvalue weighted by atomic mass is 14.5. The Hall–Kier alpha value is 0. The summed E-state index contributed by atoms with van der Waals surface area (Å²) < 4.78 is 0. The van der Waals surface area contributed by atoms with E-state index in [1.54, 1.807) is 19.3 Å². The lowest BCUT2D eigenvalue weighted by Gasteiger charge is -2.40. The molecule has 58 valence electrons. The molecule has 0 unspecified atom stereocenters. The minimum atomic E-state index is 0.958. The average Bonchev–Trinajstić information content (AvgIpc) is 2.43. The molecule has 2 aliphatic carbocycles. The molecule has 0 radical (unpaired) electrons. The second-order valence-corrected chi connectivity index (χ2v) is 4.49. The molecule has 2 aliphatic rings. The monoisotopic (exact) mass is 138 g/mol. The van der Waals surface area contributed by atoms with Crippen molar-refractivity contribution in [1.82, 2.24) is 0 Å². The molecule has 10 heavy (non-hydrogen) atoms. The van der Waals surface area contributed by atoms with E-state index in [1.807, 2.05) is 0 Å². The predicted molar refractivity (Wildman–Crippen MR) is 43.8 cm³/mol. The Labute approximate surface area is 64.0 Å². The maximum absolute atomic E-state index is 2.39. The van der Waals surface area contributed by atoms with Crippen LogP contribution < -0.4 is 0 Å². The largest absolute Gasteiger partial charge is 0.0625 e. The van der Waals surface area contributed by atoms with Gasteiger partial charge in [-0.3, -0.25) is 0 Å². The fourth-order valence-electron chi connectivity index (χ4n) is 2.49. The zero-order valence-electron chi connectivity index (χ0n) is 7.14. The summed E-state index contributed by atoms with van der Waals surface area (Å²) >= 11 is 0. The number of rotatable bonds is 2. The molecule has 0 aromatic heterocycles. The molecule has 0 amide bonds. The van der Waals surface area contributed by atoms with Crippen LogP contribution in [0.15, 0.2) is 0 Å². The highest BCUT2D eigenvalue weighted by Gasteiger charge is 2.42. The van der Waals surface area contributed by atoms with Crippen molar-refractivity contribution in [1.29, 1.82) is 0 Å². The van der Waals surface area contributed by atoms with Crippen molar-refractivity contribution in [3.8, 4) is 0 Å². The molecule has 0 aromatic rings. The Bertz CT molecular complexity index is 114. The van der Waals surface area contributed by atoms with Gasteiger partial charge in [0, 0.05) is 0 Å². The van der Waals surface area contributed by atoms with E-state index >= 15 is 0 Å². The first kappa shape index (κ1) is 6.69. The SMILES string of the molecule is CC(C)[C@@H]1CC[C@@H]1C1CC1. The first-order valence-electron chi connectivity index (χ1n) is 4.79. The molecule has 0 aromatic carbocycles. The Morgan fingerprint density at radius 2 is 1.70 bits per heavy atom. The molecule has 0 bridgehead atoms. The van der Waals surface area contributed by atoms with E-state index < -0.39 is 0 Å². The van der Waals surface area contributed by atoms with E-state index in [9.17, 15) is 0 Å². The highest BCUT2D eigenvalue weighted by molar-refractivity contribution is 4.92. The lowest BCUT2D eigenvalue weighted by atomic mass is 9.66. The Morgan fingerprint density at radius 3 is 2.00 bits per heavy atom. The zero-order chi connectivity index (χ0) is 7.14. The summed E-state index contributed by atoms with van der Waals surface area (Å²) in [6.45, 7) is 4.78. The summed E-state index contributed by atoms with van der Waals surface area (Å²) in [6, 6.07) is 0. The summed E-state index contributed by atoms with van der Waals surface area (Å²) in [7, 11) is 0. The second-order valence-electron chi connectivity index (χ2n) is 4.49. The molecule has 0 heteroatoms. The van der Waals surface area contributed by atoms with Crippen molar-refractivity contribution < 1.29 is 0 Å². The van der Waals surface area contributed by atoms with Crippen molar-refractivity contribution in [2.24, 2.45) is 23.7 Å². The lowest BCUT2D eigenvalue weighted by molar-refractivity contribution is 0.101. The lowest BCUT2D eigenvalue weighted by Crippen LogP contribution is -2.31. The maximum atomic E-state index is 2.39. The third-order valence-electron chi connectivity index (χ3n) is 3.47. The van der Waals surface area contributed by atoms with Gasteiger partial charge in [0.1, 0.15) is 0 Å². The Kier molecular flexibility index (Phi) is 1.51. The van der Waals surface area contributed by atoms with Gasteiger partial charge < -0.3 is 0 Å². The molecule has 2 fully saturated rings. The molecule has 2 rings (SSSR count). The molecule has 0 N–H and O–H groups in total. The smallest absolute Gasteiger partial charge is 0.0355 e. The topological polar surface area (TPSA) is 0 Å². The van der Waals surface area contributed by atoms with Gasteiger partial charge in [-0.15, -0.1) is 0 Å². The van der Waals surface area contributed by atoms with Gasteiger partial charge in [0.05, 0.1) is 0 Å². The van der Waals surface area contributed by atoms with E-state index in [-0.39, 0.29) is 0 Å². The van der Waals surface area contributed by atoms with Crippen molar-refractivity contribution in [2.45, 2.75) is 39.5 Å². The summed E-state index contributed by atoms with van der Waals surface area (Å²) in [5, 5.41) is 0. The summed E-state index contributed by atoms with van der Waals surface area (Å²) in [6.07, 6.45) is 6.17. The van der Waals surface area contributed by atoms with E-state index in [4.69, 9.17) is 0 Å². The van der Waals surface area contributed by atoms with E-state index in [1.165, 1.54) is 12.3 Å². The van der Waals surface area contributed by atoms with Gasteiger partial charge in [0.2, 0.25) is 0 Å². The number of hydrogen-bond acceptors (Lipinski definition) is 0. The van der Waals surface area contributed by atoms with Crippen LogP contribution in [0.25, 0.3) is 0 Å². The van der Waals surface area contributed by atoms with E-state index in [2.05, 4.69) is 13.8 Å². The molecule has 0 spiro atoms. The standard InChI is InChI=1S/C10H18/c1-7(2)9-5-6-10(9)8-3-4-8/h7-10H,3-6H2,1-2H3/t9-,10+/m0/s1. The minimum Gasteiger partial charge on any atom is -0.0625 e. The highest BCUT2D eigenvalue weighted by Crippen LogP contribution is 2.52. The molecule has 0 heterocycles. The molecule has 0 saturated heterocycles. The fraction of sp³-hybridized carbons (Fsp3) is 1.00. The van der Waals surface area contributed by atoms with Gasteiger partial charge >= 0.3 is 0 Å². The zero-order valence-corrected chi connectivity index (χ0v) is 7.14. The Morgan fingerprint density at radius 1 is 1.00 bits per heavy atom. The van der Waals surface area contributed by atoms with Crippen LogP contribution in [0.3, 0.4) is 0 Å². The van der Waals surface area contributed by atoms with Crippen molar-refractivity contribution >= 4 is 0 Å². The van der Waals surface area contributed by atoms with Crippen LogP contribution in [0.2, 0.25) is 0 Å². The third kappa shape index (κ3) is 0.980. The first-order valence-corrected chi connectivity index (χ1v) is 4.79. The minimum absolute atomic E-state index is 0.958. The van der Waals surface area contributed by atoms with Crippen LogP contribution >= 0.6 is 0 Å². The van der Waals surface area contributed by atoms with Crippen molar-refractivity contribution in [3.63, 3.8) is 0 Å². The van der Waals surface area contributed by atoms with Crippen LogP contribution in [0.1, 0.15) is 39.5 Å². The van der Waals surface area contributed by atoms with Crippen LogP contribution in [-0.4, -0.2) is 0 Å². The molecular formula is C10H18. The fourth-order valence-corrected chi connectivity index (χ4v) is 2.49. The van der Waals surface area contributed by atoms with Gasteiger partial charge in [-0.25, -0.2) is 0 Å². The summed E-state index contributed by atoms with van der Waals surface area (Å²) in [5.41, 5.74) is 0. The third-order valence-corrected chi connectivity index (χ3v) is 3.47. The van der Waals surface area contributed by atoms with Gasteiger partial charge in [-0.05, 0) is 49.4 Å². The molecule has 0 nitrogen and oxygen atoms in total. The summed E-state index contributed by atoms with van der Waals surface area (Å²) in [5.74, 6) is 4.38. The maximum Gasteiger partial charge on any atom is -0.0355 e. The number of hydrogen-bond donors (Lipinski definition) is 0. The molecular weight excluding hydrogens is 120 g/mol. The van der Waals surface area contributed by atoms with Crippen LogP contribution in [0.5, 0.6) is 0 Å². The van der Waals surface area contributed by atoms with Crippen molar-refractivity contribution in [2.75, 3.05) is 0 Å². The van der Waals surface area contributed by atoms with E-state index in [0.717, 1.165) is 17.8 Å². The van der Waals surface area contributed by atoms with Crippen LogP contribution in [-0.2, 0) is 0 Å². The van der Waals surface area contributed by atoms with Gasteiger partial charge in [0.15, 0.2) is 0 Å².